The molecule has 104 valence electrons. The fourth-order valence-corrected chi connectivity index (χ4v) is 2.64. The van der Waals surface area contributed by atoms with Crippen LogP contribution in [0.4, 0.5) is 0 Å². The van der Waals surface area contributed by atoms with Crippen LogP contribution >= 0.6 is 15.9 Å². The van der Waals surface area contributed by atoms with Gasteiger partial charge in [0.1, 0.15) is 0 Å². The lowest BCUT2D eigenvalue weighted by molar-refractivity contribution is 0.584. The molecule has 0 aliphatic rings. The molecule has 0 spiro atoms. The van der Waals surface area contributed by atoms with Crippen molar-refractivity contribution in [2.45, 2.75) is 11.8 Å². The average molecular weight is 353 g/mol. The van der Waals surface area contributed by atoms with Crippen molar-refractivity contribution < 1.29 is 8.42 Å². The predicted molar refractivity (Wildman–Crippen MR) is 83.2 cm³/mol. The highest BCUT2D eigenvalue weighted by Gasteiger charge is 2.11. The molecule has 0 amide bonds. The Morgan fingerprint density at radius 2 is 1.85 bits per heavy atom. The number of hydrogen-bond acceptors (Lipinski definition) is 3. The summed E-state index contributed by atoms with van der Waals surface area (Å²) in [6.07, 6.45) is 1.48. The number of nitrogens with zero attached hydrogens (tertiary/aromatic N) is 1. The Labute approximate surface area is 126 Å². The van der Waals surface area contributed by atoms with Gasteiger partial charge in [-0.2, -0.15) is 13.5 Å². The Bertz CT molecular complexity index is 725. The third-order valence-electron chi connectivity index (χ3n) is 2.55. The standard InChI is InChI=1S/C14H13BrN2O2S/c1-11-3-2-4-12(9-11)10-16-17-20(18,19)14-7-5-13(15)6-8-14/h2-10,17H,1H3/b16-10-. The first-order valence-corrected chi connectivity index (χ1v) is 8.12. The second-order valence-electron chi connectivity index (χ2n) is 4.22. The normalized spacial score (nSPS) is 11.7. The Morgan fingerprint density at radius 3 is 2.50 bits per heavy atom. The molecule has 2 rings (SSSR count). The highest BCUT2D eigenvalue weighted by atomic mass is 79.9. The summed E-state index contributed by atoms with van der Waals surface area (Å²) in [6.45, 7) is 1.96. The molecule has 0 saturated carbocycles. The van der Waals surface area contributed by atoms with Crippen LogP contribution in [0.25, 0.3) is 0 Å². The van der Waals surface area contributed by atoms with Crippen molar-refractivity contribution in [1.29, 1.82) is 0 Å². The second kappa shape index (κ2) is 6.19. The summed E-state index contributed by atoms with van der Waals surface area (Å²) in [4.78, 5) is 2.36. The molecule has 0 aromatic heterocycles. The maximum Gasteiger partial charge on any atom is 0.276 e. The number of aryl methyl sites for hydroxylation is 1. The molecule has 6 heteroatoms. The maximum atomic E-state index is 12.0. The lowest BCUT2D eigenvalue weighted by Crippen LogP contribution is -2.18. The van der Waals surface area contributed by atoms with Crippen molar-refractivity contribution in [2.75, 3.05) is 0 Å². The Kier molecular flexibility index (Phi) is 4.57. The number of hydrogen-bond donors (Lipinski definition) is 1. The molecule has 20 heavy (non-hydrogen) atoms. The zero-order valence-electron chi connectivity index (χ0n) is 10.7. The van der Waals surface area contributed by atoms with Crippen molar-refractivity contribution in [3.8, 4) is 0 Å². The van der Waals surface area contributed by atoms with Crippen molar-refractivity contribution in [1.82, 2.24) is 4.83 Å². The molecule has 4 nitrogen and oxygen atoms in total. The van der Waals surface area contributed by atoms with Gasteiger partial charge < -0.3 is 0 Å². The molecule has 0 heterocycles. The number of hydrazone groups is 1. The van der Waals surface area contributed by atoms with Crippen LogP contribution in [0.1, 0.15) is 11.1 Å². The first-order valence-electron chi connectivity index (χ1n) is 5.84. The summed E-state index contributed by atoms with van der Waals surface area (Å²) in [7, 11) is -3.63. The van der Waals surface area contributed by atoms with Gasteiger partial charge in [0.2, 0.25) is 0 Å². The fourth-order valence-electron chi connectivity index (χ4n) is 1.59. The zero-order valence-corrected chi connectivity index (χ0v) is 13.1. The molecule has 0 atom stereocenters. The monoisotopic (exact) mass is 352 g/mol. The van der Waals surface area contributed by atoms with Gasteiger partial charge in [0, 0.05) is 4.47 Å². The van der Waals surface area contributed by atoms with E-state index < -0.39 is 10.0 Å². The van der Waals surface area contributed by atoms with Crippen LogP contribution in [-0.2, 0) is 10.0 Å². The van der Waals surface area contributed by atoms with Gasteiger partial charge in [-0.25, -0.2) is 4.83 Å². The van der Waals surface area contributed by atoms with Crippen LogP contribution in [-0.4, -0.2) is 14.6 Å². The van der Waals surface area contributed by atoms with Crippen molar-refractivity contribution >= 4 is 32.2 Å². The molecule has 0 aliphatic heterocycles. The maximum absolute atomic E-state index is 12.0. The van der Waals surface area contributed by atoms with E-state index in [9.17, 15) is 8.42 Å². The van der Waals surface area contributed by atoms with E-state index >= 15 is 0 Å². The third kappa shape index (κ3) is 3.91. The number of halogens is 1. The van der Waals surface area contributed by atoms with Gasteiger partial charge in [-0.1, -0.05) is 45.8 Å². The minimum absolute atomic E-state index is 0.169. The smallest absolute Gasteiger partial charge is 0.200 e. The molecule has 0 aliphatic carbocycles. The summed E-state index contributed by atoms with van der Waals surface area (Å²) in [5, 5.41) is 3.78. The number of rotatable bonds is 4. The van der Waals surface area contributed by atoms with E-state index in [1.165, 1.54) is 18.3 Å². The number of benzene rings is 2. The Hall–Kier alpha value is -1.66. The minimum Gasteiger partial charge on any atom is -0.200 e. The largest absolute Gasteiger partial charge is 0.276 e. The van der Waals surface area contributed by atoms with Crippen molar-refractivity contribution in [2.24, 2.45) is 5.10 Å². The van der Waals surface area contributed by atoms with Gasteiger partial charge in [0.25, 0.3) is 10.0 Å². The van der Waals surface area contributed by atoms with Crippen LogP contribution in [0.2, 0.25) is 0 Å². The molecule has 0 fully saturated rings. The molecule has 0 unspecified atom stereocenters. The first-order chi connectivity index (χ1) is 9.47. The van der Waals surface area contributed by atoms with Gasteiger partial charge in [-0.05, 0) is 36.8 Å². The summed E-state index contributed by atoms with van der Waals surface area (Å²) < 4.78 is 24.7. The van der Waals surface area contributed by atoms with Gasteiger partial charge in [-0.15, -0.1) is 0 Å². The topological polar surface area (TPSA) is 58.5 Å². The Morgan fingerprint density at radius 1 is 1.15 bits per heavy atom. The van der Waals surface area contributed by atoms with Gasteiger partial charge in [0.05, 0.1) is 11.1 Å². The van der Waals surface area contributed by atoms with Gasteiger partial charge in [0.15, 0.2) is 0 Å². The van der Waals surface area contributed by atoms with Crippen LogP contribution in [0.5, 0.6) is 0 Å². The lowest BCUT2D eigenvalue weighted by Gasteiger charge is -2.03. The molecule has 2 aromatic carbocycles. The van der Waals surface area contributed by atoms with E-state index in [1.807, 2.05) is 31.2 Å². The van der Waals surface area contributed by atoms with E-state index in [0.29, 0.717) is 0 Å². The molecule has 1 N–H and O–H groups in total. The number of nitrogens with one attached hydrogen (secondary N) is 1. The van der Waals surface area contributed by atoms with Crippen molar-refractivity contribution in [3.05, 3.63) is 64.1 Å². The quantitative estimate of drug-likeness (QED) is 0.678. The molecule has 0 bridgehead atoms. The summed E-state index contributed by atoms with van der Waals surface area (Å²) in [5.41, 5.74) is 1.92. The summed E-state index contributed by atoms with van der Waals surface area (Å²) in [6, 6.07) is 14.0. The van der Waals surface area contributed by atoms with Crippen LogP contribution in [0, 0.1) is 6.92 Å². The van der Waals surface area contributed by atoms with Crippen molar-refractivity contribution in [3.63, 3.8) is 0 Å². The fraction of sp³-hybridized carbons (Fsp3) is 0.0714. The van der Waals surface area contributed by atoms with Gasteiger partial charge >= 0.3 is 0 Å². The molecular weight excluding hydrogens is 340 g/mol. The minimum atomic E-state index is -3.63. The van der Waals surface area contributed by atoms with E-state index in [-0.39, 0.29) is 4.90 Å². The molecule has 0 radical (unpaired) electrons. The predicted octanol–water partition coefficient (Wildman–Crippen LogP) is 3.07. The lowest BCUT2D eigenvalue weighted by atomic mass is 10.2. The van der Waals surface area contributed by atoms with Crippen LogP contribution in [0.15, 0.2) is 63.0 Å². The third-order valence-corrected chi connectivity index (χ3v) is 4.32. The number of sulfonamides is 1. The highest BCUT2D eigenvalue weighted by molar-refractivity contribution is 9.10. The van der Waals surface area contributed by atoms with E-state index in [4.69, 9.17) is 0 Å². The highest BCUT2D eigenvalue weighted by Crippen LogP contribution is 2.14. The summed E-state index contributed by atoms with van der Waals surface area (Å²) in [5.74, 6) is 0. The summed E-state index contributed by atoms with van der Waals surface area (Å²) >= 11 is 3.26. The van der Waals surface area contributed by atoms with E-state index in [0.717, 1.165) is 15.6 Å². The second-order valence-corrected chi connectivity index (χ2v) is 6.80. The van der Waals surface area contributed by atoms with Crippen LogP contribution < -0.4 is 4.83 Å². The molecule has 2 aromatic rings. The SMILES string of the molecule is Cc1cccc(/C=N\NS(=O)(=O)c2ccc(Br)cc2)c1. The van der Waals surface area contributed by atoms with E-state index in [2.05, 4.69) is 25.9 Å². The molecule has 0 saturated heterocycles. The first kappa shape index (κ1) is 14.7. The van der Waals surface area contributed by atoms with E-state index in [1.54, 1.807) is 12.1 Å². The van der Waals surface area contributed by atoms with Gasteiger partial charge in [-0.3, -0.25) is 0 Å². The Balaban J connectivity index is 2.11. The zero-order chi connectivity index (χ0) is 14.6. The van der Waals surface area contributed by atoms with Crippen LogP contribution in [0.3, 0.4) is 0 Å². The molecular formula is C14H13BrN2O2S. The average Bonchev–Trinajstić information content (AvgIpc) is 2.39.